The Bertz CT molecular complexity index is 1160. The lowest BCUT2D eigenvalue weighted by molar-refractivity contribution is -0.131. The summed E-state index contributed by atoms with van der Waals surface area (Å²) in [6.45, 7) is 9.67. The maximum Gasteiger partial charge on any atom is 0.252 e. The Balaban J connectivity index is 1.50. The molecular formula is C24H30N6O2. The summed E-state index contributed by atoms with van der Waals surface area (Å²) in [5, 5.41) is 4.14. The molecule has 1 amide bonds. The van der Waals surface area contributed by atoms with Crippen molar-refractivity contribution in [1.29, 1.82) is 0 Å². The highest BCUT2D eigenvalue weighted by Gasteiger charge is 2.20. The van der Waals surface area contributed by atoms with E-state index in [1.807, 2.05) is 37.8 Å². The maximum absolute atomic E-state index is 12.4. The van der Waals surface area contributed by atoms with Crippen LogP contribution >= 0.6 is 0 Å². The molecule has 0 spiro atoms. The van der Waals surface area contributed by atoms with Crippen molar-refractivity contribution in [3.8, 4) is 0 Å². The van der Waals surface area contributed by atoms with Gasteiger partial charge in [-0.2, -0.15) is 4.98 Å². The first kappa shape index (κ1) is 21.8. The van der Waals surface area contributed by atoms with E-state index in [9.17, 15) is 9.59 Å². The molecule has 1 aliphatic rings. The van der Waals surface area contributed by atoms with Crippen molar-refractivity contribution in [2.45, 2.75) is 40.2 Å². The lowest BCUT2D eigenvalue weighted by atomic mass is 10.2. The van der Waals surface area contributed by atoms with E-state index in [0.717, 1.165) is 54.9 Å². The topological polar surface area (TPSA) is 83.4 Å². The first-order valence-electron chi connectivity index (χ1n) is 11.3. The molecule has 1 fully saturated rings. The van der Waals surface area contributed by atoms with Crippen LogP contribution in [0.3, 0.4) is 0 Å². The fourth-order valence-corrected chi connectivity index (χ4v) is 4.12. The summed E-state index contributed by atoms with van der Waals surface area (Å²) in [5.41, 5.74) is 3.52. The van der Waals surface area contributed by atoms with Gasteiger partial charge in [0, 0.05) is 68.2 Å². The van der Waals surface area contributed by atoms with Gasteiger partial charge in [0.15, 0.2) is 0 Å². The second-order valence-electron chi connectivity index (χ2n) is 8.14. The van der Waals surface area contributed by atoms with Crippen LogP contribution in [0.4, 0.5) is 17.3 Å². The summed E-state index contributed by atoms with van der Waals surface area (Å²) in [6.07, 6.45) is 3.19. The molecule has 0 atom stereocenters. The van der Waals surface area contributed by atoms with Crippen molar-refractivity contribution in [3.05, 3.63) is 52.4 Å². The first-order valence-corrected chi connectivity index (χ1v) is 11.3. The van der Waals surface area contributed by atoms with Crippen molar-refractivity contribution >= 4 is 34.3 Å². The number of hydrogen-bond acceptors (Lipinski definition) is 6. The third kappa shape index (κ3) is 4.44. The molecule has 1 aromatic carbocycles. The number of aromatic nitrogens is 3. The van der Waals surface area contributed by atoms with Crippen LogP contribution in [0.5, 0.6) is 0 Å². The van der Waals surface area contributed by atoms with Crippen LogP contribution in [-0.4, -0.2) is 51.5 Å². The van der Waals surface area contributed by atoms with Gasteiger partial charge in [0.05, 0.1) is 0 Å². The van der Waals surface area contributed by atoms with Crippen LogP contribution in [0.25, 0.3) is 11.0 Å². The molecule has 1 saturated heterocycles. The van der Waals surface area contributed by atoms with Crippen LogP contribution in [0.1, 0.15) is 32.3 Å². The average Bonchev–Trinajstić information content (AvgIpc) is 2.82. The number of amides is 1. The van der Waals surface area contributed by atoms with E-state index in [0.29, 0.717) is 24.6 Å². The number of carbonyl (C=O) groups excluding carboxylic acids is 1. The molecule has 8 nitrogen and oxygen atoms in total. The number of piperazine rings is 1. The standard InChI is InChI=1S/C24H30N6O2/c1-4-10-30-22(32)15-17(3)20-16-25-24(27-23(20)30)26-18-6-8-19(9-7-18)28-11-13-29(14-12-28)21(31)5-2/h6-9,15-16H,4-5,10-14H2,1-3H3,(H,25,26,27). The quantitative estimate of drug-likeness (QED) is 0.641. The smallest absolute Gasteiger partial charge is 0.252 e. The second kappa shape index (κ2) is 9.38. The molecule has 8 heteroatoms. The molecule has 32 heavy (non-hydrogen) atoms. The summed E-state index contributed by atoms with van der Waals surface area (Å²) in [5.74, 6) is 0.686. The lowest BCUT2D eigenvalue weighted by Crippen LogP contribution is -2.48. The molecule has 0 radical (unpaired) electrons. The number of rotatable bonds is 6. The third-order valence-corrected chi connectivity index (χ3v) is 5.93. The van der Waals surface area contributed by atoms with E-state index in [-0.39, 0.29) is 11.5 Å². The molecule has 0 unspecified atom stereocenters. The van der Waals surface area contributed by atoms with Gasteiger partial charge in [0.2, 0.25) is 11.9 Å². The van der Waals surface area contributed by atoms with Gasteiger partial charge in [0.25, 0.3) is 5.56 Å². The van der Waals surface area contributed by atoms with Crippen LogP contribution in [0, 0.1) is 6.92 Å². The SMILES string of the molecule is CCCn1c(=O)cc(C)c2cnc(Nc3ccc(N4CCN(C(=O)CC)CC4)cc3)nc21. The first-order chi connectivity index (χ1) is 15.5. The number of nitrogens with one attached hydrogen (secondary N) is 1. The average molecular weight is 435 g/mol. The Kier molecular flexibility index (Phi) is 6.39. The van der Waals surface area contributed by atoms with Gasteiger partial charge in [-0.05, 0) is 43.2 Å². The molecule has 0 aliphatic carbocycles. The van der Waals surface area contributed by atoms with Gasteiger partial charge in [-0.25, -0.2) is 4.98 Å². The summed E-state index contributed by atoms with van der Waals surface area (Å²) < 4.78 is 1.71. The molecule has 0 saturated carbocycles. The van der Waals surface area contributed by atoms with Gasteiger partial charge in [-0.1, -0.05) is 13.8 Å². The van der Waals surface area contributed by atoms with Crippen molar-refractivity contribution < 1.29 is 4.79 Å². The Labute approximate surface area is 187 Å². The summed E-state index contributed by atoms with van der Waals surface area (Å²) in [6, 6.07) is 9.78. The van der Waals surface area contributed by atoms with Gasteiger partial charge in [-0.15, -0.1) is 0 Å². The largest absolute Gasteiger partial charge is 0.368 e. The van der Waals surface area contributed by atoms with Crippen LogP contribution in [-0.2, 0) is 11.3 Å². The molecule has 3 heterocycles. The maximum atomic E-state index is 12.4. The molecule has 3 aromatic rings. The highest BCUT2D eigenvalue weighted by Crippen LogP contribution is 2.22. The fourth-order valence-electron chi connectivity index (χ4n) is 4.12. The van der Waals surface area contributed by atoms with Gasteiger partial charge in [0.1, 0.15) is 5.65 Å². The zero-order valence-electron chi connectivity index (χ0n) is 19.0. The van der Waals surface area contributed by atoms with E-state index in [1.54, 1.807) is 16.8 Å². The number of pyridine rings is 1. The molecular weight excluding hydrogens is 404 g/mol. The van der Waals surface area contributed by atoms with Crippen molar-refractivity contribution in [2.24, 2.45) is 0 Å². The van der Waals surface area contributed by atoms with Gasteiger partial charge < -0.3 is 15.1 Å². The Morgan fingerprint density at radius 1 is 1.09 bits per heavy atom. The molecule has 2 aromatic heterocycles. The van der Waals surface area contributed by atoms with E-state index < -0.39 is 0 Å². The number of carbonyl (C=O) groups is 1. The van der Waals surface area contributed by atoms with E-state index >= 15 is 0 Å². The van der Waals surface area contributed by atoms with Crippen molar-refractivity contribution in [1.82, 2.24) is 19.4 Å². The zero-order chi connectivity index (χ0) is 22.7. The zero-order valence-corrected chi connectivity index (χ0v) is 19.0. The minimum Gasteiger partial charge on any atom is -0.368 e. The predicted molar refractivity (Wildman–Crippen MR) is 128 cm³/mol. The highest BCUT2D eigenvalue weighted by molar-refractivity contribution is 5.79. The monoisotopic (exact) mass is 434 g/mol. The van der Waals surface area contributed by atoms with E-state index in [4.69, 9.17) is 0 Å². The molecule has 168 valence electrons. The summed E-state index contributed by atoms with van der Waals surface area (Å²) in [7, 11) is 0. The number of fused-ring (bicyclic) bond motifs is 1. The van der Waals surface area contributed by atoms with E-state index in [1.165, 1.54) is 0 Å². The van der Waals surface area contributed by atoms with Crippen molar-refractivity contribution in [3.63, 3.8) is 0 Å². The number of aryl methyl sites for hydroxylation is 2. The molecule has 0 bridgehead atoms. The van der Waals surface area contributed by atoms with E-state index in [2.05, 4.69) is 32.3 Å². The lowest BCUT2D eigenvalue weighted by Gasteiger charge is -2.36. The molecule has 1 aliphatic heterocycles. The minimum absolute atomic E-state index is 0.0356. The number of benzene rings is 1. The van der Waals surface area contributed by atoms with Crippen LogP contribution in [0.2, 0.25) is 0 Å². The fraction of sp³-hybridized carbons (Fsp3) is 0.417. The highest BCUT2D eigenvalue weighted by atomic mass is 16.2. The number of hydrogen-bond donors (Lipinski definition) is 1. The van der Waals surface area contributed by atoms with Crippen LogP contribution < -0.4 is 15.8 Å². The van der Waals surface area contributed by atoms with Crippen molar-refractivity contribution in [2.75, 3.05) is 36.4 Å². The summed E-state index contributed by atoms with van der Waals surface area (Å²) >= 11 is 0. The molecule has 4 rings (SSSR count). The Morgan fingerprint density at radius 2 is 1.81 bits per heavy atom. The summed E-state index contributed by atoms with van der Waals surface area (Å²) in [4.78, 5) is 37.6. The molecule has 1 N–H and O–H groups in total. The minimum atomic E-state index is -0.0356. The van der Waals surface area contributed by atoms with Gasteiger partial charge in [-0.3, -0.25) is 14.2 Å². The Hall–Kier alpha value is -3.42. The predicted octanol–water partition coefficient (Wildman–Crippen LogP) is 3.31. The van der Waals surface area contributed by atoms with Crippen LogP contribution in [0.15, 0.2) is 41.3 Å². The van der Waals surface area contributed by atoms with Gasteiger partial charge >= 0.3 is 0 Å². The Morgan fingerprint density at radius 3 is 2.47 bits per heavy atom. The number of anilines is 3. The third-order valence-electron chi connectivity index (χ3n) is 5.93. The second-order valence-corrected chi connectivity index (χ2v) is 8.14. The number of nitrogens with zero attached hydrogens (tertiary/aromatic N) is 5. The normalized spacial score (nSPS) is 14.1.